The van der Waals surface area contributed by atoms with Crippen LogP contribution >= 0.6 is 0 Å². The van der Waals surface area contributed by atoms with Gasteiger partial charge in [-0.25, -0.2) is 0 Å². The van der Waals surface area contributed by atoms with Crippen molar-refractivity contribution in [2.45, 2.75) is 24.8 Å². The number of halogens is 3. The molecule has 4 nitrogen and oxygen atoms in total. The molecule has 3 atom stereocenters. The van der Waals surface area contributed by atoms with E-state index in [0.29, 0.717) is 11.3 Å². The Morgan fingerprint density at radius 3 is 2.42 bits per heavy atom. The lowest BCUT2D eigenvalue weighted by molar-refractivity contribution is -0.274. The second kappa shape index (κ2) is 6.24. The third-order valence-electron chi connectivity index (χ3n) is 4.10. The highest BCUT2D eigenvalue weighted by molar-refractivity contribution is 5.90. The molecule has 0 aliphatic heterocycles. The Kier molecular flexibility index (Phi) is 4.28. The molecule has 1 aliphatic rings. The van der Waals surface area contributed by atoms with Crippen LogP contribution in [-0.2, 0) is 4.79 Å². The summed E-state index contributed by atoms with van der Waals surface area (Å²) in [7, 11) is 0. The minimum atomic E-state index is -4.74. The molecule has 1 aromatic heterocycles. The number of hydrogen-bond donors (Lipinski definition) is 1. The van der Waals surface area contributed by atoms with Gasteiger partial charge in [-0.1, -0.05) is 18.2 Å². The van der Waals surface area contributed by atoms with E-state index in [0.717, 1.165) is 0 Å². The van der Waals surface area contributed by atoms with Gasteiger partial charge in [0.1, 0.15) is 17.6 Å². The van der Waals surface area contributed by atoms with Gasteiger partial charge in [0.05, 0.1) is 11.6 Å². The summed E-state index contributed by atoms with van der Waals surface area (Å²) in [4.78, 5) is 16.0. The Morgan fingerprint density at radius 2 is 1.88 bits per heavy atom. The van der Waals surface area contributed by atoms with Gasteiger partial charge in [0.25, 0.3) is 0 Å². The molecule has 3 rings (SSSR count). The molecule has 1 aliphatic carbocycles. The van der Waals surface area contributed by atoms with Gasteiger partial charge in [-0.3, -0.25) is 9.78 Å². The molecule has 2 aromatic rings. The molecule has 2 unspecified atom stereocenters. The van der Waals surface area contributed by atoms with Crippen LogP contribution in [0.4, 0.5) is 13.2 Å². The van der Waals surface area contributed by atoms with E-state index < -0.39 is 18.4 Å². The standard InChI is InChI=1S/C17H14F3NO3/c18-17(19,20)24-11-6-4-10(5-7-11)12-9-14(22)15(12)16(23)13-3-1-2-8-21-13/h1-8,12,15-16,23H,9H2/t12?,15?,16-/m1/s1. The number of aliphatic hydroxyl groups is 1. The van der Waals surface area contributed by atoms with Crippen LogP contribution in [0, 0.1) is 5.92 Å². The number of nitrogens with zero attached hydrogens (tertiary/aromatic N) is 1. The summed E-state index contributed by atoms with van der Waals surface area (Å²) >= 11 is 0. The smallest absolute Gasteiger partial charge is 0.406 e. The van der Waals surface area contributed by atoms with Crippen molar-refractivity contribution in [3.8, 4) is 5.75 Å². The number of hydrogen-bond acceptors (Lipinski definition) is 4. The van der Waals surface area contributed by atoms with Gasteiger partial charge >= 0.3 is 6.36 Å². The predicted octanol–water partition coefficient (Wildman–Crippen LogP) is 3.39. The molecule has 0 amide bonds. The maximum Gasteiger partial charge on any atom is 0.573 e. The number of carbonyl (C=O) groups excluding carboxylic acids is 1. The van der Waals surface area contributed by atoms with Gasteiger partial charge in [-0.15, -0.1) is 13.2 Å². The Bertz CT molecular complexity index is 716. The van der Waals surface area contributed by atoms with Crippen LogP contribution in [-0.4, -0.2) is 22.2 Å². The number of alkyl halides is 3. The number of ether oxygens (including phenoxy) is 1. The first-order chi connectivity index (χ1) is 11.3. The van der Waals surface area contributed by atoms with Gasteiger partial charge in [0.2, 0.25) is 0 Å². The summed E-state index contributed by atoms with van der Waals surface area (Å²) in [5.41, 5.74) is 1.08. The van der Waals surface area contributed by atoms with Crippen LogP contribution in [0.5, 0.6) is 5.75 Å². The van der Waals surface area contributed by atoms with E-state index in [1.165, 1.54) is 30.5 Å². The number of ketones is 1. The topological polar surface area (TPSA) is 59.4 Å². The Balaban J connectivity index is 1.76. The molecular formula is C17H14F3NO3. The zero-order valence-electron chi connectivity index (χ0n) is 12.4. The molecule has 7 heteroatoms. The van der Waals surface area contributed by atoms with Crippen molar-refractivity contribution in [1.82, 2.24) is 4.98 Å². The molecule has 0 radical (unpaired) electrons. The molecule has 0 saturated heterocycles. The minimum absolute atomic E-state index is 0.0891. The number of carbonyl (C=O) groups is 1. The molecular weight excluding hydrogens is 323 g/mol. The van der Waals surface area contributed by atoms with E-state index in [2.05, 4.69) is 9.72 Å². The van der Waals surface area contributed by atoms with Crippen LogP contribution in [0.3, 0.4) is 0 Å². The number of rotatable bonds is 4. The van der Waals surface area contributed by atoms with Crippen molar-refractivity contribution in [3.05, 3.63) is 59.9 Å². The third kappa shape index (κ3) is 3.41. The second-order valence-corrected chi connectivity index (χ2v) is 5.62. The van der Waals surface area contributed by atoms with E-state index in [1.54, 1.807) is 18.2 Å². The van der Waals surface area contributed by atoms with Gasteiger partial charge < -0.3 is 9.84 Å². The summed E-state index contributed by atoms with van der Waals surface area (Å²) in [5, 5.41) is 10.4. The van der Waals surface area contributed by atoms with Crippen molar-refractivity contribution in [1.29, 1.82) is 0 Å². The van der Waals surface area contributed by atoms with Crippen molar-refractivity contribution in [2.24, 2.45) is 5.92 Å². The fourth-order valence-corrected chi connectivity index (χ4v) is 2.92. The molecule has 0 bridgehead atoms. The molecule has 24 heavy (non-hydrogen) atoms. The summed E-state index contributed by atoms with van der Waals surface area (Å²) < 4.78 is 40.4. The van der Waals surface area contributed by atoms with Gasteiger partial charge in [-0.2, -0.15) is 0 Å². The zero-order valence-corrected chi connectivity index (χ0v) is 12.4. The largest absolute Gasteiger partial charge is 0.573 e. The maximum atomic E-state index is 12.2. The average molecular weight is 337 g/mol. The molecule has 1 heterocycles. The Hall–Kier alpha value is -2.41. The lowest BCUT2D eigenvalue weighted by Gasteiger charge is -2.38. The zero-order chi connectivity index (χ0) is 17.3. The quantitative estimate of drug-likeness (QED) is 0.929. The molecule has 1 saturated carbocycles. The van der Waals surface area contributed by atoms with Crippen LogP contribution in [0.1, 0.15) is 29.7 Å². The van der Waals surface area contributed by atoms with Crippen molar-refractivity contribution in [2.75, 3.05) is 0 Å². The highest BCUT2D eigenvalue weighted by atomic mass is 19.4. The average Bonchev–Trinajstić information content (AvgIpc) is 2.53. The lowest BCUT2D eigenvalue weighted by Crippen LogP contribution is -2.39. The first-order valence-corrected chi connectivity index (χ1v) is 7.32. The van der Waals surface area contributed by atoms with Crippen molar-refractivity contribution in [3.63, 3.8) is 0 Å². The normalized spacial score (nSPS) is 21.9. The number of pyridine rings is 1. The lowest BCUT2D eigenvalue weighted by atomic mass is 9.66. The summed E-state index contributed by atoms with van der Waals surface area (Å²) in [6, 6.07) is 10.4. The van der Waals surface area contributed by atoms with Crippen LogP contribution < -0.4 is 4.74 Å². The predicted molar refractivity (Wildman–Crippen MR) is 78.2 cm³/mol. The molecule has 1 N–H and O–H groups in total. The van der Waals surface area contributed by atoms with E-state index in [4.69, 9.17) is 0 Å². The molecule has 126 valence electrons. The highest BCUT2D eigenvalue weighted by Gasteiger charge is 2.45. The minimum Gasteiger partial charge on any atom is -0.406 e. The fraction of sp³-hybridized carbons (Fsp3) is 0.294. The molecule has 0 spiro atoms. The number of aliphatic hydroxyl groups excluding tert-OH is 1. The van der Waals surface area contributed by atoms with Crippen LogP contribution in [0.25, 0.3) is 0 Å². The van der Waals surface area contributed by atoms with Crippen molar-refractivity contribution >= 4 is 5.78 Å². The van der Waals surface area contributed by atoms with Gasteiger partial charge in [0, 0.05) is 18.5 Å². The summed E-state index contributed by atoms with van der Waals surface area (Å²) in [5.74, 6) is -1.31. The SMILES string of the molecule is O=C1CC(c2ccc(OC(F)(F)F)cc2)C1[C@H](O)c1ccccn1. The number of benzene rings is 1. The maximum absolute atomic E-state index is 12.2. The highest BCUT2D eigenvalue weighted by Crippen LogP contribution is 2.46. The Labute approximate surface area is 135 Å². The first-order valence-electron chi connectivity index (χ1n) is 7.32. The Morgan fingerprint density at radius 1 is 1.17 bits per heavy atom. The van der Waals surface area contributed by atoms with E-state index in [1.807, 2.05) is 0 Å². The van der Waals surface area contributed by atoms with Crippen LogP contribution in [0.2, 0.25) is 0 Å². The van der Waals surface area contributed by atoms with E-state index in [9.17, 15) is 23.1 Å². The second-order valence-electron chi connectivity index (χ2n) is 5.62. The fourth-order valence-electron chi connectivity index (χ4n) is 2.92. The van der Waals surface area contributed by atoms with Gasteiger partial charge in [0.15, 0.2) is 0 Å². The van der Waals surface area contributed by atoms with E-state index >= 15 is 0 Å². The first kappa shape index (κ1) is 16.4. The molecule has 1 fully saturated rings. The van der Waals surface area contributed by atoms with E-state index in [-0.39, 0.29) is 23.9 Å². The third-order valence-corrected chi connectivity index (χ3v) is 4.10. The summed E-state index contributed by atoms with van der Waals surface area (Å²) in [6.45, 7) is 0. The number of aromatic nitrogens is 1. The van der Waals surface area contributed by atoms with Crippen molar-refractivity contribution < 1.29 is 27.8 Å². The van der Waals surface area contributed by atoms with Crippen LogP contribution in [0.15, 0.2) is 48.7 Å². The summed E-state index contributed by atoms with van der Waals surface area (Å²) in [6.07, 6.45) is -4.01. The monoisotopic (exact) mass is 337 g/mol. The number of Topliss-reactive ketones (excluding diaryl/α,β-unsaturated/α-hetero) is 1. The van der Waals surface area contributed by atoms with Gasteiger partial charge in [-0.05, 0) is 29.8 Å². The molecule has 1 aromatic carbocycles.